The first-order chi connectivity index (χ1) is 7.15. The highest BCUT2D eigenvalue weighted by Crippen LogP contribution is 2.35. The van der Waals surface area contributed by atoms with Crippen molar-refractivity contribution in [2.75, 3.05) is 12.8 Å². The van der Waals surface area contributed by atoms with Gasteiger partial charge in [0.25, 0.3) is 0 Å². The summed E-state index contributed by atoms with van der Waals surface area (Å²) in [4.78, 5) is 25.1. The lowest BCUT2D eigenvalue weighted by Crippen LogP contribution is -2.56. The van der Waals surface area contributed by atoms with Gasteiger partial charge in [-0.05, 0) is 12.8 Å². The third-order valence-corrected chi connectivity index (χ3v) is 4.29. The Hall–Kier alpha value is -0.750. The van der Waals surface area contributed by atoms with Gasteiger partial charge >= 0.3 is 0 Å². The van der Waals surface area contributed by atoms with Crippen LogP contribution in [0.1, 0.15) is 12.8 Å². The van der Waals surface area contributed by atoms with Gasteiger partial charge in [-0.25, -0.2) is 0 Å². The third kappa shape index (κ3) is 1.72. The molecule has 0 aliphatic carbocycles. The molecule has 2 rings (SSSR count). The van der Waals surface area contributed by atoms with Crippen molar-refractivity contribution in [2.24, 2.45) is 5.73 Å². The highest BCUT2D eigenvalue weighted by Gasteiger charge is 2.45. The highest BCUT2D eigenvalue weighted by molar-refractivity contribution is 8.00. The molecule has 0 aromatic carbocycles. The van der Waals surface area contributed by atoms with E-state index >= 15 is 0 Å². The smallest absolute Gasteiger partial charge is 0.243 e. The fourth-order valence-corrected chi connectivity index (χ4v) is 3.52. The van der Waals surface area contributed by atoms with E-state index in [0.717, 1.165) is 12.8 Å². The average Bonchev–Trinajstić information content (AvgIpc) is 2.67. The number of piperidine rings is 1. The molecule has 2 aliphatic rings. The SMILES string of the molecule is CNC(=O)[C@@H]1CS[C@H]2CC[C@H](N)C(=O)N21. The molecule has 2 fully saturated rings. The van der Waals surface area contributed by atoms with E-state index in [1.807, 2.05) is 0 Å². The Labute approximate surface area is 92.7 Å². The maximum absolute atomic E-state index is 11.8. The van der Waals surface area contributed by atoms with Crippen LogP contribution in [-0.4, -0.2) is 47.0 Å². The maximum atomic E-state index is 11.8. The zero-order valence-electron chi connectivity index (χ0n) is 8.60. The van der Waals surface area contributed by atoms with Crippen LogP contribution < -0.4 is 11.1 Å². The number of nitrogens with two attached hydrogens (primary N) is 1. The van der Waals surface area contributed by atoms with E-state index in [1.165, 1.54) is 0 Å². The Morgan fingerprint density at radius 2 is 2.33 bits per heavy atom. The van der Waals surface area contributed by atoms with Gasteiger partial charge in [0.05, 0.1) is 11.4 Å². The molecule has 0 spiro atoms. The first kappa shape index (κ1) is 10.8. The predicted octanol–water partition coefficient (Wildman–Crippen LogP) is -0.876. The lowest BCUT2D eigenvalue weighted by atomic mass is 10.0. The summed E-state index contributed by atoms with van der Waals surface area (Å²) in [6.07, 6.45) is 1.62. The summed E-state index contributed by atoms with van der Waals surface area (Å²) in [6.45, 7) is 0. The van der Waals surface area contributed by atoms with Crippen LogP contribution in [0.3, 0.4) is 0 Å². The minimum absolute atomic E-state index is 0.0788. The van der Waals surface area contributed by atoms with Crippen molar-refractivity contribution in [1.29, 1.82) is 0 Å². The van der Waals surface area contributed by atoms with E-state index in [2.05, 4.69) is 5.32 Å². The van der Waals surface area contributed by atoms with Crippen LogP contribution in [0.2, 0.25) is 0 Å². The second-order valence-corrected chi connectivity index (χ2v) is 5.06. The standard InChI is InChI=1S/C9H15N3O2S/c1-11-8(13)6-4-15-7-3-2-5(10)9(14)12(6)7/h5-7H,2-4,10H2,1H3,(H,11,13)/t5-,6-,7-/m0/s1. The summed E-state index contributed by atoms with van der Waals surface area (Å²) in [5.41, 5.74) is 5.71. The first-order valence-electron chi connectivity index (χ1n) is 5.06. The minimum Gasteiger partial charge on any atom is -0.357 e. The van der Waals surface area contributed by atoms with Gasteiger partial charge in [0, 0.05) is 12.8 Å². The van der Waals surface area contributed by atoms with E-state index in [-0.39, 0.29) is 23.2 Å². The molecule has 0 radical (unpaired) electrons. The first-order valence-corrected chi connectivity index (χ1v) is 6.11. The van der Waals surface area contributed by atoms with Crippen molar-refractivity contribution in [1.82, 2.24) is 10.2 Å². The molecule has 2 heterocycles. The number of nitrogens with one attached hydrogen (secondary N) is 1. The van der Waals surface area contributed by atoms with Gasteiger partial charge in [0.15, 0.2) is 0 Å². The van der Waals surface area contributed by atoms with E-state index in [1.54, 1.807) is 23.7 Å². The molecule has 3 atom stereocenters. The van der Waals surface area contributed by atoms with E-state index in [4.69, 9.17) is 5.73 Å². The van der Waals surface area contributed by atoms with Gasteiger partial charge in [-0.2, -0.15) is 0 Å². The number of thioether (sulfide) groups is 1. The molecule has 2 amide bonds. The normalized spacial score (nSPS) is 35.2. The maximum Gasteiger partial charge on any atom is 0.243 e. The van der Waals surface area contributed by atoms with Crippen molar-refractivity contribution >= 4 is 23.6 Å². The van der Waals surface area contributed by atoms with Gasteiger partial charge in [0.1, 0.15) is 6.04 Å². The van der Waals surface area contributed by atoms with Crippen molar-refractivity contribution in [2.45, 2.75) is 30.3 Å². The molecule has 0 bridgehead atoms. The number of amides is 2. The van der Waals surface area contributed by atoms with Crippen LogP contribution in [0, 0.1) is 0 Å². The number of likely N-dealkylation sites (N-methyl/N-ethyl adjacent to an activating group) is 1. The fraction of sp³-hybridized carbons (Fsp3) is 0.778. The van der Waals surface area contributed by atoms with Gasteiger partial charge in [-0.3, -0.25) is 9.59 Å². The largest absolute Gasteiger partial charge is 0.357 e. The number of carbonyl (C=O) groups is 2. The topological polar surface area (TPSA) is 75.4 Å². The molecule has 5 nitrogen and oxygen atoms in total. The molecule has 0 unspecified atom stereocenters. The summed E-state index contributed by atoms with van der Waals surface area (Å²) in [7, 11) is 1.59. The Morgan fingerprint density at radius 1 is 1.60 bits per heavy atom. The second kappa shape index (κ2) is 4.02. The lowest BCUT2D eigenvalue weighted by molar-refractivity contribution is -0.142. The van der Waals surface area contributed by atoms with Crippen LogP contribution in [0.15, 0.2) is 0 Å². The van der Waals surface area contributed by atoms with E-state index in [9.17, 15) is 9.59 Å². The Morgan fingerprint density at radius 3 is 3.00 bits per heavy atom. The van der Waals surface area contributed by atoms with E-state index < -0.39 is 6.04 Å². The molecular formula is C9H15N3O2S. The molecule has 2 aliphatic heterocycles. The highest BCUT2D eigenvalue weighted by atomic mass is 32.2. The molecule has 84 valence electrons. The van der Waals surface area contributed by atoms with Crippen molar-refractivity contribution in [3.63, 3.8) is 0 Å². The monoisotopic (exact) mass is 229 g/mol. The summed E-state index contributed by atoms with van der Waals surface area (Å²) >= 11 is 1.67. The summed E-state index contributed by atoms with van der Waals surface area (Å²) in [5, 5.41) is 2.74. The van der Waals surface area contributed by atoms with Crippen LogP contribution in [0.25, 0.3) is 0 Å². The molecule has 15 heavy (non-hydrogen) atoms. The Bertz CT molecular complexity index is 297. The number of fused-ring (bicyclic) bond motifs is 1. The van der Waals surface area contributed by atoms with Gasteiger partial charge < -0.3 is 16.0 Å². The van der Waals surface area contributed by atoms with Crippen molar-refractivity contribution in [3.05, 3.63) is 0 Å². The Kier molecular flexibility index (Phi) is 2.88. The second-order valence-electron chi connectivity index (χ2n) is 3.85. The van der Waals surface area contributed by atoms with Gasteiger partial charge in [0.2, 0.25) is 11.8 Å². The molecule has 3 N–H and O–H groups in total. The molecule has 2 saturated heterocycles. The number of carbonyl (C=O) groups excluding carboxylic acids is 2. The number of hydrogen-bond acceptors (Lipinski definition) is 4. The third-order valence-electron chi connectivity index (χ3n) is 2.94. The fourth-order valence-electron chi connectivity index (χ4n) is 2.09. The number of nitrogens with zero attached hydrogens (tertiary/aromatic N) is 1. The van der Waals surface area contributed by atoms with E-state index in [0.29, 0.717) is 5.75 Å². The predicted molar refractivity (Wildman–Crippen MR) is 58.2 cm³/mol. The molecular weight excluding hydrogens is 214 g/mol. The van der Waals surface area contributed by atoms with Crippen LogP contribution in [0.4, 0.5) is 0 Å². The van der Waals surface area contributed by atoms with Crippen LogP contribution >= 0.6 is 11.8 Å². The Balaban J connectivity index is 2.17. The molecule has 0 aromatic heterocycles. The molecule has 0 saturated carbocycles. The van der Waals surface area contributed by atoms with Crippen molar-refractivity contribution < 1.29 is 9.59 Å². The minimum atomic E-state index is -0.424. The average molecular weight is 229 g/mol. The van der Waals surface area contributed by atoms with Crippen LogP contribution in [-0.2, 0) is 9.59 Å². The zero-order chi connectivity index (χ0) is 11.0. The molecule has 6 heteroatoms. The summed E-state index contributed by atoms with van der Waals surface area (Å²) in [5.74, 6) is 0.514. The molecule has 0 aromatic rings. The van der Waals surface area contributed by atoms with Gasteiger partial charge in [-0.1, -0.05) is 0 Å². The lowest BCUT2D eigenvalue weighted by Gasteiger charge is -2.35. The van der Waals surface area contributed by atoms with Gasteiger partial charge in [-0.15, -0.1) is 11.8 Å². The number of hydrogen-bond donors (Lipinski definition) is 2. The summed E-state index contributed by atoms with van der Waals surface area (Å²) < 4.78 is 0. The summed E-state index contributed by atoms with van der Waals surface area (Å²) in [6, 6.07) is -0.754. The van der Waals surface area contributed by atoms with Crippen LogP contribution in [0.5, 0.6) is 0 Å². The quantitative estimate of drug-likeness (QED) is 0.612. The number of rotatable bonds is 1. The van der Waals surface area contributed by atoms with Crippen molar-refractivity contribution in [3.8, 4) is 0 Å². The zero-order valence-corrected chi connectivity index (χ0v) is 9.42.